The number of hydrogen-bond donors (Lipinski definition) is 11. The molecule has 0 aromatic heterocycles. The Labute approximate surface area is 232 Å². The number of nitrogens with one attached hydrogen (secondary N) is 2. The van der Waals surface area contributed by atoms with E-state index in [2.05, 4.69) is 10.6 Å². The normalized spacial score (nSPS) is 45.1. The molecule has 15 atom stereocenters. The molecular formula is C22H36N2O17. The van der Waals surface area contributed by atoms with Crippen molar-refractivity contribution in [2.24, 2.45) is 0 Å². The minimum absolute atomic E-state index is 0.697. The van der Waals surface area contributed by atoms with Gasteiger partial charge in [0.2, 0.25) is 11.8 Å². The highest BCUT2D eigenvalue weighted by Crippen LogP contribution is 2.32. The maximum absolute atomic E-state index is 12.1. The highest BCUT2D eigenvalue weighted by atomic mass is 16.7. The van der Waals surface area contributed by atoms with Crippen LogP contribution in [0.4, 0.5) is 0 Å². The van der Waals surface area contributed by atoms with E-state index in [1.165, 1.54) is 0 Å². The molecule has 0 radical (unpaired) electrons. The number of carboxylic acids is 1. The monoisotopic (exact) mass is 600 g/mol. The van der Waals surface area contributed by atoms with E-state index >= 15 is 0 Å². The summed E-state index contributed by atoms with van der Waals surface area (Å²) in [5.41, 5.74) is 0. The van der Waals surface area contributed by atoms with Crippen LogP contribution in [0, 0.1) is 0 Å². The van der Waals surface area contributed by atoms with Crippen LogP contribution in [0.2, 0.25) is 0 Å². The zero-order valence-electron chi connectivity index (χ0n) is 21.9. The first kappa shape index (κ1) is 33.4. The van der Waals surface area contributed by atoms with Crippen molar-refractivity contribution in [3.8, 4) is 0 Å². The van der Waals surface area contributed by atoms with E-state index in [9.17, 15) is 60.3 Å². The number of aliphatic carboxylic acids is 1. The average molecular weight is 601 g/mol. The molecule has 41 heavy (non-hydrogen) atoms. The molecule has 0 unspecified atom stereocenters. The Bertz CT molecular complexity index is 927. The minimum Gasteiger partial charge on any atom is -0.479 e. The predicted molar refractivity (Wildman–Crippen MR) is 125 cm³/mol. The highest BCUT2D eigenvalue weighted by Gasteiger charge is 2.55. The van der Waals surface area contributed by atoms with Crippen LogP contribution < -0.4 is 10.6 Å². The molecule has 3 heterocycles. The lowest BCUT2D eigenvalue weighted by Gasteiger charge is -2.48. The van der Waals surface area contributed by atoms with Gasteiger partial charge in [-0.05, 0) is 0 Å². The van der Waals surface area contributed by atoms with Gasteiger partial charge in [-0.15, -0.1) is 0 Å². The molecule has 0 spiro atoms. The zero-order valence-corrected chi connectivity index (χ0v) is 21.9. The standard InChI is InChI=1S/C22H36N2O17/c1-5(27)23-9-13(31)11(29)7(3-25)38-21(9)40-17-14(32)15(33)22(41-18(17)19(34)35)39-16-10(24-6(2)28)20(36)37-8(4-26)12(16)30/h7-18,20-22,25-26,29-33,36H,3-4H2,1-2H3,(H,23,27)(H,24,28)(H,34,35)/t7-,8-,9-,10-,11+,12-,13-,14-,15-,16-,17-,18+,20-,21-,22+/m1/s1. The molecule has 19 heteroatoms. The number of carbonyl (C=O) groups is 3. The third-order valence-corrected chi connectivity index (χ3v) is 6.86. The van der Waals surface area contributed by atoms with Crippen molar-refractivity contribution < 1.29 is 84.0 Å². The molecule has 0 bridgehead atoms. The summed E-state index contributed by atoms with van der Waals surface area (Å²) in [7, 11) is 0. The second-order valence-corrected chi connectivity index (χ2v) is 9.84. The van der Waals surface area contributed by atoms with Gasteiger partial charge in [0.1, 0.15) is 67.0 Å². The van der Waals surface area contributed by atoms with Gasteiger partial charge in [-0.2, -0.15) is 0 Å². The van der Waals surface area contributed by atoms with E-state index in [0.29, 0.717) is 0 Å². The van der Waals surface area contributed by atoms with Crippen molar-refractivity contribution in [1.82, 2.24) is 10.6 Å². The predicted octanol–water partition coefficient (Wildman–Crippen LogP) is -7.19. The Morgan fingerprint density at radius 1 is 0.659 bits per heavy atom. The van der Waals surface area contributed by atoms with Gasteiger partial charge in [0.15, 0.2) is 25.0 Å². The first-order valence-electron chi connectivity index (χ1n) is 12.6. The fraction of sp³-hybridized carbons (Fsp3) is 0.864. The maximum Gasteiger partial charge on any atom is 0.335 e. The topological polar surface area (TPSA) is 303 Å². The van der Waals surface area contributed by atoms with E-state index in [1.807, 2.05) is 0 Å². The number of aliphatic hydroxyl groups is 8. The number of rotatable bonds is 9. The van der Waals surface area contributed by atoms with Crippen LogP contribution in [0.3, 0.4) is 0 Å². The Hall–Kier alpha value is -2.11. The average Bonchev–Trinajstić information content (AvgIpc) is 2.90. The number of hydrogen-bond acceptors (Lipinski definition) is 16. The van der Waals surface area contributed by atoms with Crippen LogP contribution in [0.15, 0.2) is 0 Å². The van der Waals surface area contributed by atoms with Crippen molar-refractivity contribution in [1.29, 1.82) is 0 Å². The van der Waals surface area contributed by atoms with Gasteiger partial charge < -0.3 is 80.3 Å². The summed E-state index contributed by atoms with van der Waals surface area (Å²) in [5, 5.41) is 96.5. The first-order chi connectivity index (χ1) is 19.2. The summed E-state index contributed by atoms with van der Waals surface area (Å²) in [4.78, 5) is 35.5. The Balaban J connectivity index is 1.86. The second kappa shape index (κ2) is 13.9. The molecule has 3 aliphatic rings. The van der Waals surface area contributed by atoms with E-state index < -0.39 is 123 Å². The van der Waals surface area contributed by atoms with E-state index in [0.717, 1.165) is 13.8 Å². The number of carbonyl (C=O) groups excluding carboxylic acids is 2. The smallest absolute Gasteiger partial charge is 0.335 e. The molecule has 3 fully saturated rings. The van der Waals surface area contributed by atoms with Gasteiger partial charge in [0, 0.05) is 13.8 Å². The minimum atomic E-state index is -2.14. The summed E-state index contributed by atoms with van der Waals surface area (Å²) in [6.07, 6.45) is -23.7. The van der Waals surface area contributed by atoms with Gasteiger partial charge >= 0.3 is 5.97 Å². The van der Waals surface area contributed by atoms with Gasteiger partial charge in [-0.3, -0.25) is 9.59 Å². The van der Waals surface area contributed by atoms with Crippen LogP contribution in [0.1, 0.15) is 13.8 Å². The molecule has 0 aromatic rings. The number of carboxylic acid groups (broad SMARTS) is 1. The van der Waals surface area contributed by atoms with Gasteiger partial charge in [0.05, 0.1) is 13.2 Å². The third-order valence-electron chi connectivity index (χ3n) is 6.86. The lowest BCUT2D eigenvalue weighted by molar-refractivity contribution is -0.359. The molecule has 236 valence electrons. The maximum atomic E-state index is 12.1. The number of amides is 2. The Morgan fingerprint density at radius 3 is 1.73 bits per heavy atom. The molecule has 19 nitrogen and oxygen atoms in total. The lowest BCUT2D eigenvalue weighted by atomic mass is 9.94. The molecular weight excluding hydrogens is 564 g/mol. The molecule has 0 aromatic carbocycles. The van der Waals surface area contributed by atoms with Gasteiger partial charge in [0.25, 0.3) is 0 Å². The van der Waals surface area contributed by atoms with Crippen molar-refractivity contribution in [3.05, 3.63) is 0 Å². The molecule has 3 rings (SSSR count). The molecule has 3 aliphatic heterocycles. The van der Waals surface area contributed by atoms with Gasteiger partial charge in [-0.1, -0.05) is 0 Å². The molecule has 2 amide bonds. The fourth-order valence-electron chi connectivity index (χ4n) is 4.83. The number of aliphatic hydroxyl groups excluding tert-OH is 8. The van der Waals surface area contributed by atoms with Crippen LogP contribution >= 0.6 is 0 Å². The highest BCUT2D eigenvalue weighted by molar-refractivity contribution is 5.74. The summed E-state index contributed by atoms with van der Waals surface area (Å²) in [5.74, 6) is -3.16. The third kappa shape index (κ3) is 7.28. The van der Waals surface area contributed by atoms with E-state index in [1.54, 1.807) is 0 Å². The number of ether oxygens (including phenoxy) is 5. The van der Waals surface area contributed by atoms with E-state index in [-0.39, 0.29) is 0 Å². The van der Waals surface area contributed by atoms with Crippen molar-refractivity contribution >= 4 is 17.8 Å². The zero-order chi connectivity index (χ0) is 30.8. The SMILES string of the molecule is CC(=O)N[C@@H]1[C@@H](O[C@H]2O[C@H](C(=O)O)[C@H](O[C@H]3O[C@H](CO)[C@H](O)[C@H](O)[C@H]3NC(C)=O)[C@H](O)[C@H]2O)[C@H](O)[C@@H](CO)O[C@H]1O. The lowest BCUT2D eigenvalue weighted by Crippen LogP contribution is -2.69. The molecule has 11 N–H and O–H groups in total. The Kier molecular flexibility index (Phi) is 11.3. The van der Waals surface area contributed by atoms with Crippen molar-refractivity contribution in [3.63, 3.8) is 0 Å². The van der Waals surface area contributed by atoms with E-state index in [4.69, 9.17) is 23.7 Å². The molecule has 3 saturated heterocycles. The molecule has 0 aliphatic carbocycles. The van der Waals surface area contributed by atoms with Crippen molar-refractivity contribution in [2.45, 2.75) is 106 Å². The van der Waals surface area contributed by atoms with Crippen LogP contribution in [0.5, 0.6) is 0 Å². The van der Waals surface area contributed by atoms with Crippen molar-refractivity contribution in [2.75, 3.05) is 13.2 Å². The van der Waals surface area contributed by atoms with Gasteiger partial charge in [-0.25, -0.2) is 4.79 Å². The van der Waals surface area contributed by atoms with Crippen LogP contribution in [0.25, 0.3) is 0 Å². The Morgan fingerprint density at radius 2 is 1.20 bits per heavy atom. The molecule has 0 saturated carbocycles. The second-order valence-electron chi connectivity index (χ2n) is 9.84. The quantitative estimate of drug-likeness (QED) is 0.117. The van der Waals surface area contributed by atoms with Crippen LogP contribution in [-0.2, 0) is 38.1 Å². The fourth-order valence-corrected chi connectivity index (χ4v) is 4.83. The summed E-state index contributed by atoms with van der Waals surface area (Å²) in [6.45, 7) is 0.516. The summed E-state index contributed by atoms with van der Waals surface area (Å²) < 4.78 is 26.9. The summed E-state index contributed by atoms with van der Waals surface area (Å²) in [6, 6.07) is -3.02. The largest absolute Gasteiger partial charge is 0.479 e. The summed E-state index contributed by atoms with van der Waals surface area (Å²) >= 11 is 0. The van der Waals surface area contributed by atoms with Crippen LogP contribution in [-0.4, -0.2) is 169 Å². The first-order valence-corrected chi connectivity index (χ1v) is 12.6.